The highest BCUT2D eigenvalue weighted by Crippen LogP contribution is 2.37. The molecule has 1 aliphatic carbocycles. The number of anilines is 2. The third-order valence-corrected chi connectivity index (χ3v) is 5.40. The van der Waals surface area contributed by atoms with Crippen molar-refractivity contribution in [3.8, 4) is 0 Å². The zero-order valence-electron chi connectivity index (χ0n) is 16.8. The van der Waals surface area contributed by atoms with E-state index < -0.39 is 11.6 Å². The molecule has 0 aliphatic heterocycles. The number of hydrogen-bond acceptors (Lipinski definition) is 7. The summed E-state index contributed by atoms with van der Waals surface area (Å²) in [6, 6.07) is 7.61. The molecule has 0 radical (unpaired) electrons. The molecule has 0 saturated heterocycles. The number of hydrogen-bond donors (Lipinski definition) is 4. The van der Waals surface area contributed by atoms with Crippen LogP contribution in [-0.2, 0) is 4.79 Å². The molecule has 0 bridgehead atoms. The summed E-state index contributed by atoms with van der Waals surface area (Å²) in [5.41, 5.74) is 12.5. The van der Waals surface area contributed by atoms with Crippen LogP contribution in [-0.4, -0.2) is 26.2 Å². The van der Waals surface area contributed by atoms with E-state index >= 15 is 0 Å². The summed E-state index contributed by atoms with van der Waals surface area (Å²) in [7, 11) is 0. The zero-order valence-corrected chi connectivity index (χ0v) is 16.8. The number of nitrogens with one attached hydrogen (secondary N) is 2. The van der Waals surface area contributed by atoms with Crippen molar-refractivity contribution in [1.29, 1.82) is 5.41 Å². The molecule has 154 valence electrons. The molecule has 1 unspecified atom stereocenters. The zero-order chi connectivity index (χ0) is 21.6. The summed E-state index contributed by atoms with van der Waals surface area (Å²) < 4.78 is 1.84. The number of carbonyl (C=O) groups excluding carboxylic acids is 1. The number of amides is 1. The van der Waals surface area contributed by atoms with E-state index in [2.05, 4.69) is 15.3 Å². The van der Waals surface area contributed by atoms with Crippen LogP contribution in [0.3, 0.4) is 0 Å². The van der Waals surface area contributed by atoms with Gasteiger partial charge in [0, 0.05) is 11.7 Å². The van der Waals surface area contributed by atoms with Gasteiger partial charge >= 0.3 is 0 Å². The Hall–Kier alpha value is -3.75. The average molecular weight is 405 g/mol. The number of nitrogens with zero attached hydrogens (tertiary/aromatic N) is 3. The maximum Gasteiger partial charge on any atom is 0.267 e. The maximum absolute atomic E-state index is 13.3. The lowest BCUT2D eigenvalue weighted by Crippen LogP contribution is -2.28. The molecule has 4 rings (SSSR count). The number of pyridine rings is 1. The second-order valence-corrected chi connectivity index (χ2v) is 7.60. The van der Waals surface area contributed by atoms with E-state index in [9.17, 15) is 9.59 Å². The highest BCUT2D eigenvalue weighted by Gasteiger charge is 2.30. The summed E-state index contributed by atoms with van der Waals surface area (Å²) in [6.45, 7) is 3.83. The number of aryl methyl sites for hydroxylation is 1. The van der Waals surface area contributed by atoms with Crippen LogP contribution in [0.25, 0.3) is 10.8 Å². The van der Waals surface area contributed by atoms with Gasteiger partial charge in [-0.05, 0) is 43.7 Å². The van der Waals surface area contributed by atoms with Crippen LogP contribution in [0.1, 0.15) is 48.7 Å². The van der Waals surface area contributed by atoms with Crippen molar-refractivity contribution in [2.24, 2.45) is 5.73 Å². The normalized spacial score (nSPS) is 14.5. The van der Waals surface area contributed by atoms with Gasteiger partial charge < -0.3 is 21.4 Å². The molecule has 3 aromatic rings. The molecule has 9 heteroatoms. The molecule has 1 amide bonds. The fourth-order valence-electron chi connectivity index (χ4n) is 3.77. The van der Waals surface area contributed by atoms with Crippen LogP contribution in [0.5, 0.6) is 0 Å². The largest absolute Gasteiger partial charge is 0.383 e. The molecule has 1 atom stereocenters. The number of primary amides is 1. The van der Waals surface area contributed by atoms with Crippen LogP contribution in [0.15, 0.2) is 35.4 Å². The Morgan fingerprint density at radius 3 is 2.73 bits per heavy atom. The van der Waals surface area contributed by atoms with E-state index in [1.807, 2.05) is 42.7 Å². The van der Waals surface area contributed by atoms with Gasteiger partial charge in [0.1, 0.15) is 23.7 Å². The molecule has 1 saturated carbocycles. The van der Waals surface area contributed by atoms with Gasteiger partial charge in [-0.1, -0.05) is 18.2 Å². The van der Waals surface area contributed by atoms with Gasteiger partial charge in [0.05, 0.1) is 17.0 Å². The molecular weight excluding hydrogens is 382 g/mol. The fourth-order valence-corrected chi connectivity index (χ4v) is 3.77. The van der Waals surface area contributed by atoms with E-state index in [4.69, 9.17) is 16.9 Å². The van der Waals surface area contributed by atoms with E-state index in [1.165, 1.54) is 6.33 Å². The third-order valence-electron chi connectivity index (χ3n) is 5.40. The topological polar surface area (TPSA) is 153 Å². The maximum atomic E-state index is 13.3. The van der Waals surface area contributed by atoms with E-state index in [1.54, 1.807) is 0 Å². The predicted octanol–water partition coefficient (Wildman–Crippen LogP) is 2.04. The molecule has 6 N–H and O–H groups in total. The number of rotatable bonds is 6. The molecule has 30 heavy (non-hydrogen) atoms. The number of benzene rings is 1. The first-order chi connectivity index (χ1) is 14.3. The molecule has 2 aromatic heterocycles. The van der Waals surface area contributed by atoms with Crippen LogP contribution in [0.2, 0.25) is 0 Å². The standard InChI is InChI=1S/C21H23N7O2/c1-10-4-3-5-12-8-14(28(13-6-7-13)21(30)15(10)12)11(2)27-20-16(17(22)19(24)29)18(23)25-9-26-20/h3-5,8-9,11,13,22H,6-7H2,1-2H3,(H2,24,29)(H3,23,25,26,27). The Labute approximate surface area is 172 Å². The number of nitrogens with two attached hydrogens (primary N) is 2. The van der Waals surface area contributed by atoms with Crippen molar-refractivity contribution in [3.63, 3.8) is 0 Å². The molecule has 1 aromatic carbocycles. The van der Waals surface area contributed by atoms with Crippen LogP contribution < -0.4 is 22.3 Å². The van der Waals surface area contributed by atoms with Crippen molar-refractivity contribution in [2.45, 2.75) is 38.8 Å². The lowest BCUT2D eigenvalue weighted by atomic mass is 10.0. The summed E-state index contributed by atoms with van der Waals surface area (Å²) >= 11 is 0. The van der Waals surface area contributed by atoms with Crippen molar-refractivity contribution < 1.29 is 4.79 Å². The summed E-state index contributed by atoms with van der Waals surface area (Å²) in [4.78, 5) is 32.9. The second-order valence-electron chi connectivity index (χ2n) is 7.60. The first-order valence-electron chi connectivity index (χ1n) is 9.70. The van der Waals surface area contributed by atoms with Gasteiger partial charge in [-0.25, -0.2) is 9.97 Å². The highest BCUT2D eigenvalue weighted by atomic mass is 16.1. The van der Waals surface area contributed by atoms with Crippen molar-refractivity contribution >= 4 is 34.0 Å². The molecular formula is C21H23N7O2. The minimum absolute atomic E-state index is 0.0101. The van der Waals surface area contributed by atoms with Crippen LogP contribution >= 0.6 is 0 Å². The van der Waals surface area contributed by atoms with Crippen molar-refractivity contribution in [3.05, 3.63) is 57.8 Å². The summed E-state index contributed by atoms with van der Waals surface area (Å²) in [6.07, 6.45) is 3.16. The summed E-state index contributed by atoms with van der Waals surface area (Å²) in [5.74, 6) is -0.724. The fraction of sp³-hybridized carbons (Fsp3) is 0.286. The first kappa shape index (κ1) is 19.6. The van der Waals surface area contributed by atoms with Crippen LogP contribution in [0, 0.1) is 12.3 Å². The van der Waals surface area contributed by atoms with Crippen molar-refractivity contribution in [1.82, 2.24) is 14.5 Å². The number of fused-ring (bicyclic) bond motifs is 1. The second kappa shape index (κ2) is 7.25. The van der Waals surface area contributed by atoms with Gasteiger partial charge in [-0.3, -0.25) is 15.0 Å². The molecule has 2 heterocycles. The average Bonchev–Trinajstić information content (AvgIpc) is 3.52. The van der Waals surface area contributed by atoms with Gasteiger partial charge in [0.15, 0.2) is 0 Å². The molecule has 1 fully saturated rings. The van der Waals surface area contributed by atoms with Gasteiger partial charge in [-0.15, -0.1) is 0 Å². The minimum Gasteiger partial charge on any atom is -0.383 e. The Morgan fingerprint density at radius 2 is 2.07 bits per heavy atom. The Kier molecular flexibility index (Phi) is 4.73. The first-order valence-corrected chi connectivity index (χ1v) is 9.70. The highest BCUT2D eigenvalue weighted by molar-refractivity contribution is 6.45. The van der Waals surface area contributed by atoms with E-state index in [-0.39, 0.29) is 34.8 Å². The van der Waals surface area contributed by atoms with E-state index in [0.29, 0.717) is 0 Å². The predicted molar refractivity (Wildman–Crippen MR) is 116 cm³/mol. The Balaban J connectivity index is 1.82. The smallest absolute Gasteiger partial charge is 0.267 e. The minimum atomic E-state index is -0.928. The van der Waals surface area contributed by atoms with Crippen LogP contribution in [0.4, 0.5) is 11.6 Å². The third kappa shape index (κ3) is 3.28. The molecule has 0 spiro atoms. The number of nitrogen functional groups attached to an aromatic ring is 1. The van der Waals surface area contributed by atoms with E-state index in [0.717, 1.165) is 34.9 Å². The van der Waals surface area contributed by atoms with Gasteiger partial charge in [0.2, 0.25) is 0 Å². The lowest BCUT2D eigenvalue weighted by Gasteiger charge is -2.22. The summed E-state index contributed by atoms with van der Waals surface area (Å²) in [5, 5.41) is 12.8. The SMILES string of the molecule is Cc1cccc2cc(C(C)Nc3ncnc(N)c3C(=N)C(N)=O)n(C3CC3)c(=O)c12. The van der Waals surface area contributed by atoms with Crippen molar-refractivity contribution in [2.75, 3.05) is 11.1 Å². The van der Waals surface area contributed by atoms with Gasteiger partial charge in [-0.2, -0.15) is 0 Å². The monoisotopic (exact) mass is 405 g/mol. The quantitative estimate of drug-likeness (QED) is 0.460. The lowest BCUT2D eigenvalue weighted by molar-refractivity contribution is -0.112. The Bertz CT molecular complexity index is 1240. The number of aromatic nitrogens is 3. The Morgan fingerprint density at radius 1 is 1.33 bits per heavy atom. The molecule has 9 nitrogen and oxygen atoms in total. The number of carbonyl (C=O) groups is 1. The molecule has 1 aliphatic rings. The van der Waals surface area contributed by atoms with Gasteiger partial charge in [0.25, 0.3) is 11.5 Å².